The first-order chi connectivity index (χ1) is 13.4. The lowest BCUT2D eigenvalue weighted by Gasteiger charge is -2.10. The molecule has 1 N–H and O–H groups in total. The fourth-order valence-electron chi connectivity index (χ4n) is 2.67. The van der Waals surface area contributed by atoms with Crippen LogP contribution < -0.4 is 10.1 Å². The maximum absolute atomic E-state index is 12.5. The Hall–Kier alpha value is -3.46. The van der Waals surface area contributed by atoms with Gasteiger partial charge < -0.3 is 10.1 Å². The largest absolute Gasteiger partial charge is 0.496 e. The van der Waals surface area contributed by atoms with Crippen LogP contribution in [-0.2, 0) is 6.54 Å². The van der Waals surface area contributed by atoms with Gasteiger partial charge in [-0.2, -0.15) is 0 Å². The van der Waals surface area contributed by atoms with Gasteiger partial charge in [-0.1, -0.05) is 22.9 Å². The van der Waals surface area contributed by atoms with Gasteiger partial charge in [0.15, 0.2) is 5.69 Å². The Bertz CT molecular complexity index is 1050. The number of carbonyl (C=O) groups excluding carboxylic acids is 1. The smallest absolute Gasteiger partial charge is 0.274 e. The van der Waals surface area contributed by atoms with Crippen LogP contribution in [0.15, 0.2) is 42.5 Å². The summed E-state index contributed by atoms with van der Waals surface area (Å²) in [6.07, 6.45) is 0. The van der Waals surface area contributed by atoms with E-state index >= 15 is 0 Å². The average molecular weight is 402 g/mol. The minimum Gasteiger partial charge on any atom is -0.496 e. The number of amides is 1. The second kappa shape index (κ2) is 8.05. The third kappa shape index (κ3) is 3.94. The van der Waals surface area contributed by atoms with E-state index in [9.17, 15) is 14.9 Å². The van der Waals surface area contributed by atoms with Crippen molar-refractivity contribution in [3.8, 4) is 11.4 Å². The maximum atomic E-state index is 12.5. The Kier molecular flexibility index (Phi) is 5.55. The van der Waals surface area contributed by atoms with E-state index in [0.29, 0.717) is 27.7 Å². The molecule has 0 unspecified atom stereocenters. The lowest BCUT2D eigenvalue weighted by Crippen LogP contribution is -2.24. The quantitative estimate of drug-likeness (QED) is 0.501. The van der Waals surface area contributed by atoms with Gasteiger partial charge in [0.1, 0.15) is 5.75 Å². The molecule has 144 valence electrons. The van der Waals surface area contributed by atoms with Gasteiger partial charge in [-0.15, -0.1) is 5.10 Å². The van der Waals surface area contributed by atoms with E-state index in [1.54, 1.807) is 37.3 Å². The van der Waals surface area contributed by atoms with Crippen molar-refractivity contribution in [1.82, 2.24) is 20.3 Å². The van der Waals surface area contributed by atoms with E-state index in [-0.39, 0.29) is 17.9 Å². The van der Waals surface area contributed by atoms with Gasteiger partial charge in [-0.05, 0) is 31.2 Å². The molecule has 0 aliphatic carbocycles. The molecule has 0 aliphatic rings. The van der Waals surface area contributed by atoms with Crippen LogP contribution in [0.25, 0.3) is 5.69 Å². The Labute approximate surface area is 165 Å². The number of aromatic nitrogens is 3. The number of nitro benzene ring substituents is 1. The second-order valence-corrected chi connectivity index (χ2v) is 6.29. The van der Waals surface area contributed by atoms with Gasteiger partial charge in [-0.3, -0.25) is 14.9 Å². The molecule has 1 amide bonds. The molecule has 10 heteroatoms. The predicted molar refractivity (Wildman–Crippen MR) is 102 cm³/mol. The molecular weight excluding hydrogens is 386 g/mol. The Morgan fingerprint density at radius 2 is 2.11 bits per heavy atom. The van der Waals surface area contributed by atoms with Crippen molar-refractivity contribution in [1.29, 1.82) is 0 Å². The molecule has 3 aromatic rings. The van der Waals surface area contributed by atoms with Crippen LogP contribution in [0.1, 0.15) is 21.7 Å². The summed E-state index contributed by atoms with van der Waals surface area (Å²) in [7, 11) is 1.53. The normalized spacial score (nSPS) is 10.5. The number of carbonyl (C=O) groups is 1. The van der Waals surface area contributed by atoms with Gasteiger partial charge in [-0.25, -0.2) is 4.68 Å². The molecule has 0 spiro atoms. The number of non-ortho nitro benzene ring substituents is 1. The van der Waals surface area contributed by atoms with Crippen molar-refractivity contribution < 1.29 is 14.5 Å². The first-order valence-electron chi connectivity index (χ1n) is 8.18. The van der Waals surface area contributed by atoms with Gasteiger partial charge >= 0.3 is 0 Å². The van der Waals surface area contributed by atoms with Crippen molar-refractivity contribution in [2.75, 3.05) is 7.11 Å². The SMILES string of the molecule is COc1ccc(Cl)cc1CNC(=O)c1nnn(-c2cccc([N+](=O)[O-])c2)c1C. The van der Waals surface area contributed by atoms with Crippen LogP contribution in [0.5, 0.6) is 5.75 Å². The molecule has 0 aliphatic heterocycles. The van der Waals surface area contributed by atoms with Gasteiger partial charge in [0.05, 0.1) is 23.4 Å². The fraction of sp³-hybridized carbons (Fsp3) is 0.167. The summed E-state index contributed by atoms with van der Waals surface area (Å²) >= 11 is 6.00. The zero-order valence-corrected chi connectivity index (χ0v) is 15.8. The summed E-state index contributed by atoms with van der Waals surface area (Å²) < 4.78 is 6.63. The molecule has 1 aromatic heterocycles. The number of nitro groups is 1. The number of ether oxygens (including phenoxy) is 1. The summed E-state index contributed by atoms with van der Waals surface area (Å²) in [5, 5.41) is 22.1. The van der Waals surface area contributed by atoms with Crippen LogP contribution in [-0.4, -0.2) is 32.9 Å². The van der Waals surface area contributed by atoms with Crippen LogP contribution in [0.3, 0.4) is 0 Å². The van der Waals surface area contributed by atoms with E-state index in [2.05, 4.69) is 15.6 Å². The van der Waals surface area contributed by atoms with Crippen LogP contribution in [0.4, 0.5) is 5.69 Å². The zero-order chi connectivity index (χ0) is 20.3. The van der Waals surface area contributed by atoms with Crippen molar-refractivity contribution in [3.05, 3.63) is 74.6 Å². The van der Waals surface area contributed by atoms with Crippen molar-refractivity contribution in [3.63, 3.8) is 0 Å². The molecule has 0 radical (unpaired) electrons. The Balaban J connectivity index is 1.80. The van der Waals surface area contributed by atoms with Crippen molar-refractivity contribution in [2.45, 2.75) is 13.5 Å². The van der Waals surface area contributed by atoms with E-state index in [1.165, 1.54) is 23.9 Å². The molecule has 0 fully saturated rings. The number of hydrogen-bond acceptors (Lipinski definition) is 6. The zero-order valence-electron chi connectivity index (χ0n) is 15.0. The molecule has 0 saturated heterocycles. The summed E-state index contributed by atoms with van der Waals surface area (Å²) in [6, 6.07) is 11.0. The topological polar surface area (TPSA) is 112 Å². The Morgan fingerprint density at radius 3 is 2.82 bits per heavy atom. The molecule has 0 saturated carbocycles. The van der Waals surface area contributed by atoms with Gasteiger partial charge in [0.2, 0.25) is 0 Å². The number of methoxy groups -OCH3 is 1. The highest BCUT2D eigenvalue weighted by Crippen LogP contribution is 2.23. The summed E-state index contributed by atoms with van der Waals surface area (Å²) in [5.41, 5.74) is 1.65. The number of rotatable bonds is 6. The third-order valence-electron chi connectivity index (χ3n) is 4.08. The van der Waals surface area contributed by atoms with Crippen LogP contribution >= 0.6 is 11.6 Å². The predicted octanol–water partition coefficient (Wildman–Crippen LogP) is 3.08. The summed E-state index contributed by atoms with van der Waals surface area (Å²) in [4.78, 5) is 23.0. The van der Waals surface area contributed by atoms with Crippen molar-refractivity contribution in [2.24, 2.45) is 0 Å². The molecule has 2 aromatic carbocycles. The fourth-order valence-corrected chi connectivity index (χ4v) is 2.86. The highest BCUT2D eigenvalue weighted by Gasteiger charge is 2.19. The van der Waals surface area contributed by atoms with Gasteiger partial charge in [0, 0.05) is 29.3 Å². The third-order valence-corrected chi connectivity index (χ3v) is 4.31. The molecule has 28 heavy (non-hydrogen) atoms. The lowest BCUT2D eigenvalue weighted by molar-refractivity contribution is -0.384. The summed E-state index contributed by atoms with van der Waals surface area (Å²) in [5.74, 6) is 0.165. The number of halogens is 1. The molecular formula is C18H16ClN5O4. The van der Waals surface area contributed by atoms with Crippen molar-refractivity contribution >= 4 is 23.2 Å². The van der Waals surface area contributed by atoms with E-state index in [1.807, 2.05) is 0 Å². The van der Waals surface area contributed by atoms with E-state index in [4.69, 9.17) is 16.3 Å². The molecule has 9 nitrogen and oxygen atoms in total. The minimum absolute atomic E-state index is 0.0774. The number of nitrogens with zero attached hydrogens (tertiary/aromatic N) is 4. The molecule has 0 bridgehead atoms. The lowest BCUT2D eigenvalue weighted by atomic mass is 10.2. The van der Waals surface area contributed by atoms with Crippen LogP contribution in [0, 0.1) is 17.0 Å². The average Bonchev–Trinajstić information content (AvgIpc) is 3.07. The number of benzene rings is 2. The highest BCUT2D eigenvalue weighted by molar-refractivity contribution is 6.30. The first kappa shape index (κ1) is 19.3. The maximum Gasteiger partial charge on any atom is 0.274 e. The van der Waals surface area contributed by atoms with E-state index in [0.717, 1.165) is 0 Å². The van der Waals surface area contributed by atoms with Crippen LogP contribution in [0.2, 0.25) is 5.02 Å². The number of nitrogens with one attached hydrogen (secondary N) is 1. The summed E-state index contributed by atoms with van der Waals surface area (Å²) in [6.45, 7) is 1.85. The molecule has 1 heterocycles. The molecule has 0 atom stereocenters. The second-order valence-electron chi connectivity index (χ2n) is 5.85. The molecule has 3 rings (SSSR count). The number of hydrogen-bond donors (Lipinski definition) is 1. The van der Waals surface area contributed by atoms with Gasteiger partial charge in [0.25, 0.3) is 11.6 Å². The first-order valence-corrected chi connectivity index (χ1v) is 8.56. The van der Waals surface area contributed by atoms with E-state index < -0.39 is 10.8 Å². The Morgan fingerprint density at radius 1 is 1.32 bits per heavy atom. The monoisotopic (exact) mass is 401 g/mol. The highest BCUT2D eigenvalue weighted by atomic mass is 35.5. The minimum atomic E-state index is -0.498. The standard InChI is InChI=1S/C18H16ClN5O4/c1-11-17(18(25)20-10-12-8-13(19)6-7-16(12)28-2)21-22-23(11)14-4-3-5-15(9-14)24(26)27/h3-9H,10H2,1-2H3,(H,20,25).